The lowest BCUT2D eigenvalue weighted by atomic mass is 10.0. The summed E-state index contributed by atoms with van der Waals surface area (Å²) in [6, 6.07) is 6.95. The van der Waals surface area contributed by atoms with Gasteiger partial charge < -0.3 is 20.7 Å². The number of nitrogens with one attached hydrogen (secondary N) is 3. The molecule has 1 unspecified atom stereocenters. The van der Waals surface area contributed by atoms with Gasteiger partial charge in [0.2, 0.25) is 11.8 Å². The second-order valence-corrected chi connectivity index (χ2v) is 8.38. The Hall–Kier alpha value is -3.44. The van der Waals surface area contributed by atoms with Crippen LogP contribution in [0.25, 0.3) is 0 Å². The molecule has 2 amide bonds. The van der Waals surface area contributed by atoms with E-state index in [1.807, 2.05) is 19.1 Å². The topological polar surface area (TPSA) is 153 Å². The monoisotopic (exact) mass is 555 g/mol. The number of esters is 1. The maximum Gasteiger partial charge on any atom is 0.308 e. The number of carbonyl (C=O) groups is 3. The third-order valence-electron chi connectivity index (χ3n) is 5.08. The van der Waals surface area contributed by atoms with Crippen molar-refractivity contribution in [1.82, 2.24) is 15.6 Å². The largest absolute Gasteiger partial charge is 0.466 e. The molecule has 1 aromatic carbocycles. The molecule has 0 bridgehead atoms. The smallest absolute Gasteiger partial charge is 0.308 e. The number of nitro benzene ring substituents is 1. The third-order valence-corrected chi connectivity index (χ3v) is 5.40. The SMILES string of the molecule is CCOC(=O)CC(NC(=O)CNC(=O)CCCCNc1cc(C)ccn1)c1ccc(Cl)c([N+](=O)[O-])c1.Cl. The van der Waals surface area contributed by atoms with Gasteiger partial charge in [0, 0.05) is 25.2 Å². The van der Waals surface area contributed by atoms with Gasteiger partial charge in [0.05, 0.1) is 30.5 Å². The molecular formula is C24H31Cl2N5O6. The summed E-state index contributed by atoms with van der Waals surface area (Å²) in [5.74, 6) is -0.649. The van der Waals surface area contributed by atoms with Gasteiger partial charge in [0.25, 0.3) is 5.69 Å². The van der Waals surface area contributed by atoms with E-state index in [4.69, 9.17) is 16.3 Å². The molecule has 202 valence electrons. The number of benzene rings is 1. The Labute approximate surface area is 226 Å². The summed E-state index contributed by atoms with van der Waals surface area (Å²) in [4.78, 5) is 51.4. The number of aromatic nitrogens is 1. The molecule has 13 heteroatoms. The Morgan fingerprint density at radius 2 is 1.92 bits per heavy atom. The first-order chi connectivity index (χ1) is 17.2. The summed E-state index contributed by atoms with van der Waals surface area (Å²) >= 11 is 5.87. The molecule has 0 aliphatic rings. The Morgan fingerprint density at radius 1 is 1.16 bits per heavy atom. The number of aryl methyl sites for hydroxylation is 1. The number of rotatable bonds is 14. The van der Waals surface area contributed by atoms with Crippen molar-refractivity contribution in [3.8, 4) is 0 Å². The van der Waals surface area contributed by atoms with E-state index in [1.54, 1.807) is 13.1 Å². The van der Waals surface area contributed by atoms with Crippen LogP contribution in [0.4, 0.5) is 11.5 Å². The Morgan fingerprint density at radius 3 is 2.59 bits per heavy atom. The molecule has 3 N–H and O–H groups in total. The lowest BCUT2D eigenvalue weighted by Gasteiger charge is -2.19. The van der Waals surface area contributed by atoms with Crippen LogP contribution in [0.3, 0.4) is 0 Å². The van der Waals surface area contributed by atoms with E-state index in [0.717, 1.165) is 17.8 Å². The van der Waals surface area contributed by atoms with Crippen LogP contribution >= 0.6 is 24.0 Å². The first-order valence-electron chi connectivity index (χ1n) is 11.5. The van der Waals surface area contributed by atoms with Crippen molar-refractivity contribution in [1.29, 1.82) is 0 Å². The van der Waals surface area contributed by atoms with Crippen molar-refractivity contribution in [2.24, 2.45) is 0 Å². The summed E-state index contributed by atoms with van der Waals surface area (Å²) in [5.41, 5.74) is 1.07. The number of pyridine rings is 1. The third kappa shape index (κ3) is 11.4. The zero-order valence-corrected chi connectivity index (χ0v) is 22.2. The summed E-state index contributed by atoms with van der Waals surface area (Å²) in [6.45, 7) is 4.12. The number of nitrogens with zero attached hydrogens (tertiary/aromatic N) is 2. The number of unbranched alkanes of at least 4 members (excludes halogenated alkanes) is 1. The van der Waals surface area contributed by atoms with Crippen LogP contribution in [-0.4, -0.2) is 47.4 Å². The number of nitro groups is 1. The van der Waals surface area contributed by atoms with Gasteiger partial charge in [-0.1, -0.05) is 17.7 Å². The van der Waals surface area contributed by atoms with Crippen LogP contribution in [0, 0.1) is 17.0 Å². The number of carbonyl (C=O) groups excluding carboxylic acids is 3. The molecule has 1 aromatic heterocycles. The fourth-order valence-electron chi connectivity index (χ4n) is 3.30. The van der Waals surface area contributed by atoms with Gasteiger partial charge in [0.1, 0.15) is 10.8 Å². The van der Waals surface area contributed by atoms with Crippen molar-refractivity contribution < 1.29 is 24.0 Å². The quantitative estimate of drug-likeness (QED) is 0.137. The average molecular weight is 556 g/mol. The van der Waals surface area contributed by atoms with E-state index < -0.39 is 22.8 Å². The molecule has 0 saturated heterocycles. The molecule has 0 aliphatic carbocycles. The second-order valence-electron chi connectivity index (χ2n) is 7.98. The van der Waals surface area contributed by atoms with E-state index >= 15 is 0 Å². The highest BCUT2D eigenvalue weighted by molar-refractivity contribution is 6.32. The lowest BCUT2D eigenvalue weighted by molar-refractivity contribution is -0.384. The van der Waals surface area contributed by atoms with Crippen molar-refractivity contribution in [2.75, 3.05) is 25.0 Å². The summed E-state index contributed by atoms with van der Waals surface area (Å²) in [7, 11) is 0. The van der Waals surface area contributed by atoms with E-state index in [-0.39, 0.29) is 55.0 Å². The predicted octanol–water partition coefficient (Wildman–Crippen LogP) is 3.88. The number of halogens is 2. The molecule has 0 saturated carbocycles. The highest BCUT2D eigenvalue weighted by Crippen LogP contribution is 2.29. The number of anilines is 1. The van der Waals surface area contributed by atoms with Crippen LogP contribution in [-0.2, 0) is 19.1 Å². The van der Waals surface area contributed by atoms with E-state index in [2.05, 4.69) is 20.9 Å². The van der Waals surface area contributed by atoms with E-state index in [1.165, 1.54) is 18.2 Å². The summed E-state index contributed by atoms with van der Waals surface area (Å²) < 4.78 is 4.94. The first-order valence-corrected chi connectivity index (χ1v) is 11.9. The Kier molecular flexibility index (Phi) is 13.9. The van der Waals surface area contributed by atoms with Gasteiger partial charge in [-0.2, -0.15) is 0 Å². The zero-order valence-electron chi connectivity index (χ0n) is 20.6. The number of hydrogen-bond acceptors (Lipinski definition) is 8. The van der Waals surface area contributed by atoms with Crippen LogP contribution in [0.5, 0.6) is 0 Å². The standard InChI is InChI=1S/C24H30ClN5O6.ClH/c1-3-36-24(33)14-19(17-7-8-18(25)20(13-17)30(34)35)29-23(32)15-28-22(31)6-4-5-10-26-21-12-16(2)9-11-27-21;/h7-9,11-13,19H,3-6,10,14-15H2,1-2H3,(H,26,27)(H,28,31)(H,29,32);1H. The van der Waals surface area contributed by atoms with Crippen molar-refractivity contribution in [2.45, 2.75) is 45.6 Å². The molecule has 2 aromatic rings. The van der Waals surface area contributed by atoms with Crippen LogP contribution in [0.15, 0.2) is 36.5 Å². The normalized spacial score (nSPS) is 11.0. The molecule has 11 nitrogen and oxygen atoms in total. The molecule has 0 spiro atoms. The zero-order chi connectivity index (χ0) is 26.5. The maximum atomic E-state index is 12.5. The minimum Gasteiger partial charge on any atom is -0.466 e. The molecule has 0 radical (unpaired) electrons. The molecule has 1 heterocycles. The van der Waals surface area contributed by atoms with Gasteiger partial charge in [-0.3, -0.25) is 24.5 Å². The fourth-order valence-corrected chi connectivity index (χ4v) is 3.48. The van der Waals surface area contributed by atoms with Crippen LogP contribution < -0.4 is 16.0 Å². The van der Waals surface area contributed by atoms with Crippen molar-refractivity contribution in [3.63, 3.8) is 0 Å². The highest BCUT2D eigenvalue weighted by atomic mass is 35.5. The predicted molar refractivity (Wildman–Crippen MR) is 142 cm³/mol. The van der Waals surface area contributed by atoms with Gasteiger partial charge >= 0.3 is 5.97 Å². The highest BCUT2D eigenvalue weighted by Gasteiger charge is 2.23. The Bertz CT molecular complexity index is 1090. The lowest BCUT2D eigenvalue weighted by Crippen LogP contribution is -2.39. The minimum absolute atomic E-state index is 0. The van der Waals surface area contributed by atoms with Crippen LogP contribution in [0.2, 0.25) is 5.02 Å². The van der Waals surface area contributed by atoms with Crippen LogP contribution in [0.1, 0.15) is 49.8 Å². The number of ether oxygens (including phenoxy) is 1. The van der Waals surface area contributed by atoms with Gasteiger partial charge in [-0.05, 0) is 56.0 Å². The maximum absolute atomic E-state index is 12.5. The number of hydrogen-bond donors (Lipinski definition) is 3. The van der Waals surface area contributed by atoms with E-state index in [0.29, 0.717) is 18.5 Å². The molecule has 1 atom stereocenters. The fraction of sp³-hybridized carbons (Fsp3) is 0.417. The van der Waals surface area contributed by atoms with Gasteiger partial charge in [0.15, 0.2) is 0 Å². The molecular weight excluding hydrogens is 525 g/mol. The van der Waals surface area contributed by atoms with E-state index in [9.17, 15) is 24.5 Å². The summed E-state index contributed by atoms with van der Waals surface area (Å²) in [5, 5.41) is 19.5. The molecule has 0 aliphatic heterocycles. The van der Waals surface area contributed by atoms with Crippen molar-refractivity contribution >= 4 is 53.3 Å². The average Bonchev–Trinajstić information content (AvgIpc) is 2.82. The molecule has 37 heavy (non-hydrogen) atoms. The van der Waals surface area contributed by atoms with Crippen molar-refractivity contribution in [3.05, 3.63) is 62.8 Å². The van der Waals surface area contributed by atoms with Gasteiger partial charge in [-0.25, -0.2) is 4.98 Å². The van der Waals surface area contributed by atoms with Gasteiger partial charge in [-0.15, -0.1) is 12.4 Å². The number of amides is 2. The summed E-state index contributed by atoms with van der Waals surface area (Å²) in [6.07, 6.45) is 3.08. The second kappa shape index (κ2) is 16.3. The molecule has 0 fully saturated rings. The Balaban J connectivity index is 0.00000684. The molecule has 2 rings (SSSR count). The first kappa shape index (κ1) is 31.6. The minimum atomic E-state index is -0.897.